The zero-order chi connectivity index (χ0) is 10.8. The highest BCUT2D eigenvalue weighted by Crippen LogP contribution is 2.31. The van der Waals surface area contributed by atoms with Crippen LogP contribution in [0, 0.1) is 5.92 Å². The van der Waals surface area contributed by atoms with E-state index in [4.69, 9.17) is 4.74 Å². The van der Waals surface area contributed by atoms with Gasteiger partial charge in [-0.1, -0.05) is 26.0 Å². The molecule has 0 saturated heterocycles. The third-order valence-corrected chi connectivity index (χ3v) is 2.63. The first-order chi connectivity index (χ1) is 6.43. The van der Waals surface area contributed by atoms with Gasteiger partial charge in [-0.3, -0.25) is 0 Å². The summed E-state index contributed by atoms with van der Waals surface area (Å²) in [7, 11) is 0. The molecule has 1 aromatic carbocycles. The van der Waals surface area contributed by atoms with E-state index >= 15 is 0 Å². The second-order valence-corrected chi connectivity index (χ2v) is 4.33. The third-order valence-electron chi connectivity index (χ3n) is 2.63. The lowest BCUT2D eigenvalue weighted by Gasteiger charge is -2.30. The van der Waals surface area contributed by atoms with Gasteiger partial charge < -0.3 is 9.84 Å². The van der Waals surface area contributed by atoms with Crippen molar-refractivity contribution in [1.29, 1.82) is 0 Å². The van der Waals surface area contributed by atoms with Gasteiger partial charge in [0.2, 0.25) is 0 Å². The van der Waals surface area contributed by atoms with Gasteiger partial charge in [0.05, 0.1) is 0 Å². The number of benzene rings is 1. The Bertz CT molecular complexity index is 303. The lowest BCUT2D eigenvalue weighted by molar-refractivity contribution is 0.0570. The van der Waals surface area contributed by atoms with E-state index < -0.39 is 0 Å². The number of para-hydroxylation sites is 2. The number of rotatable bonds is 3. The normalized spacial score (nSPS) is 11.8. The van der Waals surface area contributed by atoms with E-state index in [2.05, 4.69) is 13.8 Å². The molecule has 0 fully saturated rings. The Morgan fingerprint density at radius 3 is 2.29 bits per heavy atom. The minimum Gasteiger partial charge on any atom is -0.504 e. The molecule has 0 spiro atoms. The Balaban J connectivity index is 2.84. The molecule has 1 N–H and O–H groups in total. The van der Waals surface area contributed by atoms with Crippen molar-refractivity contribution in [3.8, 4) is 11.5 Å². The molecule has 0 unspecified atom stereocenters. The van der Waals surface area contributed by atoms with Gasteiger partial charge in [-0.25, -0.2) is 0 Å². The van der Waals surface area contributed by atoms with Gasteiger partial charge in [0.25, 0.3) is 0 Å². The molecular formula is C12H18O2. The second kappa shape index (κ2) is 3.91. The molecule has 0 bridgehead atoms. The van der Waals surface area contributed by atoms with Crippen LogP contribution in [0.3, 0.4) is 0 Å². The van der Waals surface area contributed by atoms with Gasteiger partial charge in [-0.2, -0.15) is 0 Å². The number of ether oxygens (including phenoxy) is 1. The van der Waals surface area contributed by atoms with Crippen molar-refractivity contribution in [2.75, 3.05) is 0 Å². The third kappa shape index (κ3) is 2.41. The zero-order valence-electron chi connectivity index (χ0n) is 9.24. The van der Waals surface area contributed by atoms with E-state index in [0.29, 0.717) is 11.7 Å². The maximum absolute atomic E-state index is 9.53. The van der Waals surface area contributed by atoms with Crippen LogP contribution in [0.2, 0.25) is 0 Å². The summed E-state index contributed by atoms with van der Waals surface area (Å²) >= 11 is 0. The molecule has 1 aromatic rings. The van der Waals surface area contributed by atoms with Crippen LogP contribution in [-0.4, -0.2) is 10.7 Å². The molecule has 2 heteroatoms. The fourth-order valence-corrected chi connectivity index (χ4v) is 0.945. The van der Waals surface area contributed by atoms with E-state index in [1.165, 1.54) is 0 Å². The summed E-state index contributed by atoms with van der Waals surface area (Å²) < 4.78 is 5.74. The first-order valence-corrected chi connectivity index (χ1v) is 4.90. The van der Waals surface area contributed by atoms with Crippen LogP contribution < -0.4 is 4.74 Å². The molecule has 0 aliphatic carbocycles. The second-order valence-electron chi connectivity index (χ2n) is 4.33. The van der Waals surface area contributed by atoms with Crippen molar-refractivity contribution < 1.29 is 9.84 Å². The smallest absolute Gasteiger partial charge is 0.161 e. The van der Waals surface area contributed by atoms with Gasteiger partial charge in [-0.15, -0.1) is 0 Å². The molecule has 1 rings (SSSR count). The van der Waals surface area contributed by atoms with Crippen LogP contribution in [0.4, 0.5) is 0 Å². The van der Waals surface area contributed by atoms with Crippen LogP contribution in [-0.2, 0) is 0 Å². The highest BCUT2D eigenvalue weighted by atomic mass is 16.5. The Morgan fingerprint density at radius 1 is 1.21 bits per heavy atom. The predicted molar refractivity (Wildman–Crippen MR) is 57.7 cm³/mol. The molecule has 0 aromatic heterocycles. The minimum atomic E-state index is -0.265. The fraction of sp³-hybridized carbons (Fsp3) is 0.500. The first kappa shape index (κ1) is 10.9. The summed E-state index contributed by atoms with van der Waals surface area (Å²) in [5.41, 5.74) is -0.265. The van der Waals surface area contributed by atoms with Crippen molar-refractivity contribution in [3.63, 3.8) is 0 Å². The number of phenolic OH excluding ortho intramolecular Hbond substituents is 1. The molecule has 78 valence electrons. The van der Waals surface area contributed by atoms with E-state index in [1.807, 2.05) is 19.9 Å². The largest absolute Gasteiger partial charge is 0.504 e. The zero-order valence-corrected chi connectivity index (χ0v) is 9.24. The Kier molecular flexibility index (Phi) is 3.04. The van der Waals surface area contributed by atoms with Crippen molar-refractivity contribution in [3.05, 3.63) is 24.3 Å². The molecular weight excluding hydrogens is 176 g/mol. The highest BCUT2D eigenvalue weighted by Gasteiger charge is 2.25. The molecule has 0 atom stereocenters. The minimum absolute atomic E-state index is 0.196. The fourth-order valence-electron chi connectivity index (χ4n) is 0.945. The summed E-state index contributed by atoms with van der Waals surface area (Å²) in [5, 5.41) is 9.53. The predicted octanol–water partition coefficient (Wildman–Crippen LogP) is 3.21. The Hall–Kier alpha value is -1.18. The van der Waals surface area contributed by atoms with Crippen molar-refractivity contribution in [2.45, 2.75) is 33.3 Å². The van der Waals surface area contributed by atoms with Crippen LogP contribution in [0.15, 0.2) is 24.3 Å². The first-order valence-electron chi connectivity index (χ1n) is 4.90. The van der Waals surface area contributed by atoms with Gasteiger partial charge >= 0.3 is 0 Å². The summed E-state index contributed by atoms with van der Waals surface area (Å²) in [4.78, 5) is 0. The number of hydrogen-bond acceptors (Lipinski definition) is 2. The highest BCUT2D eigenvalue weighted by molar-refractivity contribution is 5.38. The molecule has 0 radical (unpaired) electrons. The monoisotopic (exact) mass is 194 g/mol. The van der Waals surface area contributed by atoms with Crippen LogP contribution in [0.25, 0.3) is 0 Å². The quantitative estimate of drug-likeness (QED) is 0.800. The van der Waals surface area contributed by atoms with Crippen molar-refractivity contribution in [2.24, 2.45) is 5.92 Å². The van der Waals surface area contributed by atoms with Crippen molar-refractivity contribution in [1.82, 2.24) is 0 Å². The van der Waals surface area contributed by atoms with Gasteiger partial charge in [-0.05, 0) is 31.9 Å². The SMILES string of the molecule is CC(C)C(C)(C)Oc1ccccc1O. The lowest BCUT2D eigenvalue weighted by Crippen LogP contribution is -2.34. The molecule has 2 nitrogen and oxygen atoms in total. The molecule has 0 amide bonds. The molecule has 0 aliphatic heterocycles. The lowest BCUT2D eigenvalue weighted by atomic mass is 9.94. The van der Waals surface area contributed by atoms with Crippen molar-refractivity contribution >= 4 is 0 Å². The summed E-state index contributed by atoms with van der Waals surface area (Å²) in [5.74, 6) is 1.13. The maximum Gasteiger partial charge on any atom is 0.161 e. The Morgan fingerprint density at radius 2 is 1.79 bits per heavy atom. The Labute approximate surface area is 85.5 Å². The average Bonchev–Trinajstić information content (AvgIpc) is 2.08. The number of phenols is 1. The van der Waals surface area contributed by atoms with E-state index in [0.717, 1.165) is 0 Å². The van der Waals surface area contributed by atoms with E-state index in [1.54, 1.807) is 18.2 Å². The van der Waals surface area contributed by atoms with Gasteiger partial charge in [0.1, 0.15) is 5.60 Å². The summed E-state index contributed by atoms with van der Waals surface area (Å²) in [6.45, 7) is 8.23. The van der Waals surface area contributed by atoms with E-state index in [-0.39, 0.29) is 11.4 Å². The molecule has 0 aliphatic rings. The van der Waals surface area contributed by atoms with E-state index in [9.17, 15) is 5.11 Å². The molecule has 0 heterocycles. The molecule has 14 heavy (non-hydrogen) atoms. The average molecular weight is 194 g/mol. The topological polar surface area (TPSA) is 29.5 Å². The molecule has 0 saturated carbocycles. The van der Waals surface area contributed by atoms with Crippen LogP contribution >= 0.6 is 0 Å². The summed E-state index contributed by atoms with van der Waals surface area (Å²) in [6.07, 6.45) is 0. The van der Waals surface area contributed by atoms with Gasteiger partial charge in [0, 0.05) is 0 Å². The number of hydrogen-bond donors (Lipinski definition) is 1. The summed E-state index contributed by atoms with van der Waals surface area (Å²) in [6, 6.07) is 7.04. The van der Waals surface area contributed by atoms with Gasteiger partial charge in [0.15, 0.2) is 11.5 Å². The number of aromatic hydroxyl groups is 1. The van der Waals surface area contributed by atoms with Crippen LogP contribution in [0.1, 0.15) is 27.7 Å². The standard InChI is InChI=1S/C12H18O2/c1-9(2)12(3,4)14-11-8-6-5-7-10(11)13/h5-9,13H,1-4H3. The van der Waals surface area contributed by atoms with Crippen LogP contribution in [0.5, 0.6) is 11.5 Å². The maximum atomic E-state index is 9.53.